The second-order valence-electron chi connectivity index (χ2n) is 7.26. The molecule has 0 radical (unpaired) electrons. The van der Waals surface area contributed by atoms with Crippen LogP contribution in [0.5, 0.6) is 5.75 Å². The van der Waals surface area contributed by atoms with Gasteiger partial charge in [0.1, 0.15) is 12.4 Å². The van der Waals surface area contributed by atoms with Crippen molar-refractivity contribution in [3.05, 3.63) is 90.0 Å². The first-order valence-corrected chi connectivity index (χ1v) is 9.53. The molecule has 0 atom stereocenters. The van der Waals surface area contributed by atoms with E-state index < -0.39 is 0 Å². The van der Waals surface area contributed by atoms with Gasteiger partial charge in [0, 0.05) is 17.5 Å². The highest BCUT2D eigenvalue weighted by atomic mass is 16.5. The van der Waals surface area contributed by atoms with Gasteiger partial charge < -0.3 is 9.64 Å². The Morgan fingerprint density at radius 2 is 1.48 bits per heavy atom. The van der Waals surface area contributed by atoms with Gasteiger partial charge in [0.15, 0.2) is 0 Å². The number of nitrogens with zero attached hydrogens (tertiary/aromatic N) is 1. The monoisotopic (exact) mass is 349 g/mol. The minimum absolute atomic E-state index is 0.622. The van der Waals surface area contributed by atoms with Crippen LogP contribution < -0.4 is 9.64 Å². The van der Waals surface area contributed by atoms with Crippen LogP contribution in [0.15, 0.2) is 78.9 Å². The highest BCUT2D eigenvalue weighted by Gasteiger charge is 2.28. The topological polar surface area (TPSA) is 12.5 Å². The summed E-state index contributed by atoms with van der Waals surface area (Å²) in [5.74, 6) is 0.986. The summed E-state index contributed by atoms with van der Waals surface area (Å²) >= 11 is 0. The Morgan fingerprint density at radius 3 is 2.37 bits per heavy atom. The van der Waals surface area contributed by atoms with E-state index in [1.54, 1.807) is 0 Å². The second kappa shape index (κ2) is 5.62. The van der Waals surface area contributed by atoms with Gasteiger partial charge in [0.05, 0.1) is 11.4 Å². The van der Waals surface area contributed by atoms with Crippen LogP contribution in [0.1, 0.15) is 11.1 Å². The Morgan fingerprint density at radius 1 is 0.741 bits per heavy atom. The van der Waals surface area contributed by atoms with E-state index in [9.17, 15) is 0 Å². The van der Waals surface area contributed by atoms with Crippen molar-refractivity contribution >= 4 is 32.9 Å². The summed E-state index contributed by atoms with van der Waals surface area (Å²) in [5, 5.41) is 5.15. The van der Waals surface area contributed by atoms with Gasteiger partial charge in [-0.3, -0.25) is 0 Å². The quantitative estimate of drug-likeness (QED) is 0.431. The Hall–Kier alpha value is -3.26. The Kier molecular flexibility index (Phi) is 3.09. The molecule has 2 heterocycles. The van der Waals surface area contributed by atoms with Crippen molar-refractivity contribution in [3.8, 4) is 5.75 Å². The summed E-state index contributed by atoms with van der Waals surface area (Å²) in [6.07, 6.45) is 3.32. The standard InChI is InChI=1S/C25H19NO/c1-3-7-20-17(5-1)11-12-23-24(20)22(14-16-27-23)26-15-13-19-10-9-18-6-2-4-8-21(18)25(19)26/h1-12,14H,13,15-16H2. The van der Waals surface area contributed by atoms with Gasteiger partial charge in [-0.2, -0.15) is 0 Å². The van der Waals surface area contributed by atoms with Crippen molar-refractivity contribution in [1.29, 1.82) is 0 Å². The number of ether oxygens (including phenoxy) is 1. The summed E-state index contributed by atoms with van der Waals surface area (Å²) in [7, 11) is 0. The van der Waals surface area contributed by atoms with E-state index in [0.29, 0.717) is 6.61 Å². The maximum Gasteiger partial charge on any atom is 0.129 e. The molecule has 2 aliphatic heterocycles. The molecule has 6 rings (SSSR count). The van der Waals surface area contributed by atoms with E-state index in [-0.39, 0.29) is 0 Å². The van der Waals surface area contributed by atoms with Gasteiger partial charge in [-0.15, -0.1) is 0 Å². The molecule has 2 aliphatic rings. The molecule has 0 unspecified atom stereocenters. The van der Waals surface area contributed by atoms with Gasteiger partial charge in [-0.1, -0.05) is 66.7 Å². The molecular weight excluding hydrogens is 330 g/mol. The third-order valence-electron chi connectivity index (χ3n) is 5.81. The Bertz CT molecular complexity index is 1240. The van der Waals surface area contributed by atoms with Crippen molar-refractivity contribution in [3.63, 3.8) is 0 Å². The molecular formula is C25H19NO. The summed E-state index contributed by atoms with van der Waals surface area (Å²) in [4.78, 5) is 2.51. The lowest BCUT2D eigenvalue weighted by Crippen LogP contribution is -2.22. The van der Waals surface area contributed by atoms with Gasteiger partial charge in [-0.05, 0) is 40.3 Å². The molecule has 0 amide bonds. The number of rotatable bonds is 1. The molecule has 0 saturated heterocycles. The van der Waals surface area contributed by atoms with E-state index in [1.807, 2.05) is 0 Å². The summed E-state index contributed by atoms with van der Waals surface area (Å²) in [6.45, 7) is 1.63. The predicted octanol–water partition coefficient (Wildman–Crippen LogP) is 5.79. The Labute approximate surface area is 158 Å². The minimum Gasteiger partial charge on any atom is -0.489 e. The van der Waals surface area contributed by atoms with Crippen LogP contribution >= 0.6 is 0 Å². The first-order chi connectivity index (χ1) is 13.4. The number of hydrogen-bond acceptors (Lipinski definition) is 2. The minimum atomic E-state index is 0.622. The zero-order chi connectivity index (χ0) is 17.8. The lowest BCUT2D eigenvalue weighted by atomic mass is 9.98. The maximum atomic E-state index is 5.99. The molecule has 0 N–H and O–H groups in total. The molecule has 0 aliphatic carbocycles. The van der Waals surface area contributed by atoms with Crippen molar-refractivity contribution in [2.75, 3.05) is 18.1 Å². The summed E-state index contributed by atoms with van der Waals surface area (Å²) in [5.41, 5.74) is 5.30. The molecule has 0 saturated carbocycles. The zero-order valence-corrected chi connectivity index (χ0v) is 15.0. The summed E-state index contributed by atoms with van der Waals surface area (Å²) < 4.78 is 5.99. The van der Waals surface area contributed by atoms with E-state index in [2.05, 4.69) is 83.8 Å². The van der Waals surface area contributed by atoms with E-state index in [1.165, 1.54) is 44.1 Å². The van der Waals surface area contributed by atoms with Gasteiger partial charge in [0.2, 0.25) is 0 Å². The van der Waals surface area contributed by atoms with E-state index in [4.69, 9.17) is 4.74 Å². The molecule has 4 aromatic carbocycles. The number of benzene rings is 4. The number of hydrogen-bond donors (Lipinski definition) is 0. The van der Waals surface area contributed by atoms with Crippen LogP contribution in [0.25, 0.3) is 27.2 Å². The second-order valence-corrected chi connectivity index (χ2v) is 7.26. The molecule has 0 bridgehead atoms. The third kappa shape index (κ3) is 2.13. The summed E-state index contributed by atoms with van der Waals surface area (Å²) in [6, 6.07) is 26.1. The van der Waals surface area contributed by atoms with Crippen LogP contribution in [-0.4, -0.2) is 13.2 Å². The molecule has 2 heteroatoms. The van der Waals surface area contributed by atoms with E-state index >= 15 is 0 Å². The van der Waals surface area contributed by atoms with Crippen molar-refractivity contribution in [2.45, 2.75) is 6.42 Å². The van der Waals surface area contributed by atoms with Gasteiger partial charge >= 0.3 is 0 Å². The van der Waals surface area contributed by atoms with Crippen LogP contribution in [0.4, 0.5) is 5.69 Å². The smallest absolute Gasteiger partial charge is 0.129 e. The first kappa shape index (κ1) is 14.9. The van der Waals surface area contributed by atoms with Crippen molar-refractivity contribution in [1.82, 2.24) is 0 Å². The van der Waals surface area contributed by atoms with Crippen LogP contribution in [0.2, 0.25) is 0 Å². The number of fused-ring (bicyclic) bond motifs is 6. The average Bonchev–Trinajstić information content (AvgIpc) is 3.18. The SMILES string of the molecule is C1=C(N2CCc3ccc4ccccc4c32)c2c(ccc3ccccc23)OC1. The maximum absolute atomic E-state index is 5.99. The van der Waals surface area contributed by atoms with Crippen molar-refractivity contribution in [2.24, 2.45) is 0 Å². The predicted molar refractivity (Wildman–Crippen MR) is 112 cm³/mol. The third-order valence-corrected chi connectivity index (χ3v) is 5.81. The highest BCUT2D eigenvalue weighted by molar-refractivity contribution is 6.05. The number of anilines is 1. The van der Waals surface area contributed by atoms with Gasteiger partial charge in [0.25, 0.3) is 0 Å². The fourth-order valence-corrected chi connectivity index (χ4v) is 4.60. The molecule has 27 heavy (non-hydrogen) atoms. The largest absolute Gasteiger partial charge is 0.489 e. The fraction of sp³-hybridized carbons (Fsp3) is 0.120. The molecule has 2 nitrogen and oxygen atoms in total. The molecule has 0 spiro atoms. The van der Waals surface area contributed by atoms with Crippen molar-refractivity contribution < 1.29 is 4.74 Å². The molecule has 130 valence electrons. The zero-order valence-electron chi connectivity index (χ0n) is 15.0. The molecule has 0 aromatic heterocycles. The van der Waals surface area contributed by atoms with Crippen LogP contribution in [0.3, 0.4) is 0 Å². The highest BCUT2D eigenvalue weighted by Crippen LogP contribution is 2.44. The Balaban J connectivity index is 1.61. The molecule has 4 aromatic rings. The van der Waals surface area contributed by atoms with Crippen LogP contribution in [-0.2, 0) is 6.42 Å². The van der Waals surface area contributed by atoms with Crippen LogP contribution in [0, 0.1) is 0 Å². The van der Waals surface area contributed by atoms with Gasteiger partial charge in [-0.25, -0.2) is 0 Å². The van der Waals surface area contributed by atoms with E-state index in [0.717, 1.165) is 18.7 Å². The lowest BCUT2D eigenvalue weighted by Gasteiger charge is -2.29. The average molecular weight is 349 g/mol. The first-order valence-electron chi connectivity index (χ1n) is 9.53. The molecule has 0 fully saturated rings. The fourth-order valence-electron chi connectivity index (χ4n) is 4.60. The lowest BCUT2D eigenvalue weighted by molar-refractivity contribution is 0.357. The normalized spacial score (nSPS) is 15.4.